The number of esters is 1. The highest BCUT2D eigenvalue weighted by Crippen LogP contribution is 2.26. The molecule has 0 unspecified atom stereocenters. The number of hydrogen-bond donors (Lipinski definition) is 2. The topological polar surface area (TPSA) is 92.8 Å². The van der Waals surface area contributed by atoms with Gasteiger partial charge in [-0.2, -0.15) is 5.10 Å². The zero-order valence-electron chi connectivity index (χ0n) is 13.9. The molecule has 2 aromatic carbocycles. The molecule has 0 atom stereocenters. The summed E-state index contributed by atoms with van der Waals surface area (Å²) in [4.78, 5) is 20.9. The summed E-state index contributed by atoms with van der Waals surface area (Å²) in [6.45, 7) is 0. The molecular formula is C19H15N5O2. The Morgan fingerprint density at radius 3 is 2.62 bits per heavy atom. The van der Waals surface area contributed by atoms with E-state index in [0.717, 1.165) is 16.5 Å². The molecule has 0 aliphatic heterocycles. The van der Waals surface area contributed by atoms with Crippen LogP contribution < -0.4 is 5.32 Å². The average molecular weight is 345 g/mol. The van der Waals surface area contributed by atoms with Gasteiger partial charge in [-0.1, -0.05) is 42.5 Å². The highest BCUT2D eigenvalue weighted by Gasteiger charge is 2.13. The van der Waals surface area contributed by atoms with Gasteiger partial charge in [0.25, 0.3) is 0 Å². The van der Waals surface area contributed by atoms with Crippen LogP contribution in [0.3, 0.4) is 0 Å². The van der Waals surface area contributed by atoms with Crippen LogP contribution in [-0.4, -0.2) is 33.2 Å². The Hall–Kier alpha value is -3.74. The van der Waals surface area contributed by atoms with Crippen LogP contribution in [-0.2, 0) is 4.74 Å². The molecule has 4 aromatic rings. The SMILES string of the molecule is COC(=O)c1cc(Nc2nc(-c3ccccc3)nc3ccccc23)n[nH]1. The van der Waals surface area contributed by atoms with Crippen molar-refractivity contribution in [3.8, 4) is 11.4 Å². The fraction of sp³-hybridized carbons (Fsp3) is 0.0526. The van der Waals surface area contributed by atoms with Crippen LogP contribution in [0.4, 0.5) is 11.6 Å². The Labute approximate surface area is 149 Å². The molecule has 2 aromatic heterocycles. The van der Waals surface area contributed by atoms with Crippen molar-refractivity contribution < 1.29 is 9.53 Å². The molecule has 2 heterocycles. The first kappa shape index (κ1) is 15.8. The Kier molecular flexibility index (Phi) is 4.03. The predicted molar refractivity (Wildman–Crippen MR) is 98.2 cm³/mol. The largest absolute Gasteiger partial charge is 0.464 e. The van der Waals surface area contributed by atoms with Crippen molar-refractivity contribution in [3.63, 3.8) is 0 Å². The Morgan fingerprint density at radius 1 is 1.04 bits per heavy atom. The van der Waals surface area contributed by atoms with Gasteiger partial charge in [0.15, 0.2) is 11.6 Å². The van der Waals surface area contributed by atoms with Gasteiger partial charge < -0.3 is 10.1 Å². The van der Waals surface area contributed by atoms with Gasteiger partial charge in [0.05, 0.1) is 12.6 Å². The lowest BCUT2D eigenvalue weighted by Gasteiger charge is -2.09. The average Bonchev–Trinajstić information content (AvgIpc) is 3.16. The van der Waals surface area contributed by atoms with Gasteiger partial charge in [-0.05, 0) is 12.1 Å². The number of anilines is 2. The van der Waals surface area contributed by atoms with Gasteiger partial charge in [0, 0.05) is 17.0 Å². The number of nitrogens with one attached hydrogen (secondary N) is 2. The van der Waals surface area contributed by atoms with Gasteiger partial charge in [0.1, 0.15) is 11.5 Å². The van der Waals surface area contributed by atoms with Crippen LogP contribution in [0.1, 0.15) is 10.5 Å². The summed E-state index contributed by atoms with van der Waals surface area (Å²) in [5, 5.41) is 10.7. The van der Waals surface area contributed by atoms with Crippen LogP contribution in [0.25, 0.3) is 22.3 Å². The third kappa shape index (κ3) is 2.98. The minimum absolute atomic E-state index is 0.261. The lowest BCUT2D eigenvalue weighted by atomic mass is 10.2. The molecule has 7 heteroatoms. The van der Waals surface area contributed by atoms with Crippen molar-refractivity contribution in [2.24, 2.45) is 0 Å². The van der Waals surface area contributed by atoms with Gasteiger partial charge in [-0.25, -0.2) is 14.8 Å². The number of H-pyrrole nitrogens is 1. The van der Waals surface area contributed by atoms with Gasteiger partial charge >= 0.3 is 5.97 Å². The van der Waals surface area contributed by atoms with E-state index >= 15 is 0 Å². The second kappa shape index (κ2) is 6.64. The smallest absolute Gasteiger partial charge is 0.356 e. The van der Waals surface area contributed by atoms with Crippen molar-refractivity contribution in [1.82, 2.24) is 20.2 Å². The molecule has 0 bridgehead atoms. The fourth-order valence-corrected chi connectivity index (χ4v) is 2.61. The van der Waals surface area contributed by atoms with Crippen molar-refractivity contribution in [1.29, 1.82) is 0 Å². The van der Waals surface area contributed by atoms with Crippen LogP contribution >= 0.6 is 0 Å². The van der Waals surface area contributed by atoms with E-state index in [0.29, 0.717) is 17.5 Å². The molecule has 128 valence electrons. The minimum Gasteiger partial charge on any atom is -0.464 e. The number of para-hydroxylation sites is 1. The maximum atomic E-state index is 11.6. The third-order valence-corrected chi connectivity index (χ3v) is 3.86. The van der Waals surface area contributed by atoms with E-state index in [1.807, 2.05) is 54.6 Å². The standard InChI is InChI=1S/C19H15N5O2/c1-26-19(25)15-11-16(24-23-15)21-18-13-9-5-6-10-14(13)20-17(22-18)12-7-3-2-4-8-12/h2-11H,1H3,(H2,20,21,22,23,24). The molecule has 0 fully saturated rings. The molecule has 2 N–H and O–H groups in total. The summed E-state index contributed by atoms with van der Waals surface area (Å²) >= 11 is 0. The van der Waals surface area contributed by atoms with Crippen molar-refractivity contribution >= 4 is 28.5 Å². The Bertz CT molecular complexity index is 1080. The van der Waals surface area contributed by atoms with E-state index in [1.54, 1.807) is 6.07 Å². The molecule has 0 radical (unpaired) electrons. The summed E-state index contributed by atoms with van der Waals surface area (Å²) in [6.07, 6.45) is 0. The van der Waals surface area contributed by atoms with Crippen molar-refractivity contribution in [3.05, 3.63) is 66.4 Å². The van der Waals surface area contributed by atoms with Crippen molar-refractivity contribution in [2.75, 3.05) is 12.4 Å². The number of hydrogen-bond acceptors (Lipinski definition) is 6. The normalized spacial score (nSPS) is 10.7. The summed E-state index contributed by atoms with van der Waals surface area (Å²) < 4.78 is 4.68. The van der Waals surface area contributed by atoms with Gasteiger partial charge in [-0.15, -0.1) is 0 Å². The van der Waals surface area contributed by atoms with E-state index in [9.17, 15) is 4.79 Å². The summed E-state index contributed by atoms with van der Waals surface area (Å²) in [5.41, 5.74) is 1.99. The minimum atomic E-state index is -0.483. The zero-order valence-corrected chi connectivity index (χ0v) is 13.9. The number of carbonyl (C=O) groups excluding carboxylic acids is 1. The molecule has 0 saturated heterocycles. The molecule has 0 spiro atoms. The molecule has 4 rings (SSSR count). The van der Waals surface area contributed by atoms with E-state index in [2.05, 4.69) is 30.2 Å². The van der Waals surface area contributed by atoms with E-state index in [4.69, 9.17) is 0 Å². The molecule has 0 aliphatic rings. The third-order valence-electron chi connectivity index (χ3n) is 3.86. The number of aromatic nitrogens is 4. The molecule has 0 saturated carbocycles. The molecular weight excluding hydrogens is 330 g/mol. The summed E-state index contributed by atoms with van der Waals surface area (Å²) in [6, 6.07) is 19.0. The van der Waals surface area contributed by atoms with Crippen LogP contribution in [0.15, 0.2) is 60.7 Å². The number of nitrogens with zero attached hydrogens (tertiary/aromatic N) is 3. The first-order valence-corrected chi connectivity index (χ1v) is 7.97. The van der Waals surface area contributed by atoms with Gasteiger partial charge in [0.2, 0.25) is 0 Å². The number of ether oxygens (including phenoxy) is 1. The highest BCUT2D eigenvalue weighted by molar-refractivity contribution is 5.93. The predicted octanol–water partition coefficient (Wildman–Crippen LogP) is 3.55. The second-order valence-electron chi connectivity index (χ2n) is 5.56. The molecule has 0 amide bonds. The first-order valence-electron chi connectivity index (χ1n) is 7.97. The maximum Gasteiger partial charge on any atom is 0.356 e. The zero-order chi connectivity index (χ0) is 17.9. The van der Waals surface area contributed by atoms with E-state index < -0.39 is 5.97 Å². The number of aromatic amines is 1. The number of benzene rings is 2. The quantitative estimate of drug-likeness (QED) is 0.550. The highest BCUT2D eigenvalue weighted by atomic mass is 16.5. The number of fused-ring (bicyclic) bond motifs is 1. The van der Waals surface area contributed by atoms with Gasteiger partial charge in [-0.3, -0.25) is 5.10 Å². The number of rotatable bonds is 4. The van der Waals surface area contributed by atoms with Crippen molar-refractivity contribution in [2.45, 2.75) is 0 Å². The fourth-order valence-electron chi connectivity index (χ4n) is 2.61. The number of carbonyl (C=O) groups is 1. The van der Waals surface area contributed by atoms with Crippen LogP contribution in [0, 0.1) is 0 Å². The van der Waals surface area contributed by atoms with E-state index in [-0.39, 0.29) is 5.69 Å². The maximum absolute atomic E-state index is 11.6. The monoisotopic (exact) mass is 345 g/mol. The molecule has 7 nitrogen and oxygen atoms in total. The first-order chi connectivity index (χ1) is 12.7. The van der Waals surface area contributed by atoms with Crippen LogP contribution in [0.2, 0.25) is 0 Å². The second-order valence-corrected chi connectivity index (χ2v) is 5.56. The summed E-state index contributed by atoms with van der Waals surface area (Å²) in [5.74, 6) is 1.20. The molecule has 26 heavy (non-hydrogen) atoms. The van der Waals surface area contributed by atoms with Crippen LogP contribution in [0.5, 0.6) is 0 Å². The summed E-state index contributed by atoms with van der Waals surface area (Å²) in [7, 11) is 1.32. The lowest BCUT2D eigenvalue weighted by Crippen LogP contribution is -2.01. The lowest BCUT2D eigenvalue weighted by molar-refractivity contribution is 0.0594. The Balaban J connectivity index is 1.78. The number of methoxy groups -OCH3 is 1. The Morgan fingerprint density at radius 2 is 1.81 bits per heavy atom. The molecule has 0 aliphatic carbocycles. The van der Waals surface area contributed by atoms with E-state index in [1.165, 1.54) is 7.11 Å².